The maximum atomic E-state index is 10.8. The van der Waals surface area contributed by atoms with Crippen molar-refractivity contribution < 1.29 is 19.0 Å². The molecule has 2 aromatic rings. The molecule has 0 aromatic heterocycles. The lowest BCUT2D eigenvalue weighted by Gasteiger charge is -2.12. The van der Waals surface area contributed by atoms with E-state index in [2.05, 4.69) is 13.8 Å². The van der Waals surface area contributed by atoms with Gasteiger partial charge in [-0.15, -0.1) is 0 Å². The van der Waals surface area contributed by atoms with Gasteiger partial charge in [-0.1, -0.05) is 6.07 Å². The van der Waals surface area contributed by atoms with Crippen LogP contribution in [0.3, 0.4) is 0 Å². The number of hydrogen-bond donors (Lipinski definition) is 0. The van der Waals surface area contributed by atoms with Gasteiger partial charge in [0.2, 0.25) is 0 Å². The zero-order valence-electron chi connectivity index (χ0n) is 13.1. The van der Waals surface area contributed by atoms with Crippen molar-refractivity contribution >= 4 is 6.29 Å². The third-order valence-electron chi connectivity index (χ3n) is 3.41. The van der Waals surface area contributed by atoms with E-state index in [0.29, 0.717) is 30.3 Å². The fourth-order valence-electron chi connectivity index (χ4n) is 1.99. The van der Waals surface area contributed by atoms with Crippen molar-refractivity contribution in [3.63, 3.8) is 0 Å². The number of hydrogen-bond acceptors (Lipinski definition) is 4. The van der Waals surface area contributed by atoms with E-state index in [-0.39, 0.29) is 0 Å². The standard InChI is InChI=1S/C18H20O4/c1-13-4-6-16(10-14(13)2)21-8-9-22-18-11-15(12-19)5-7-17(18)20-3/h4-7,10-12H,8-9H2,1-3H3. The van der Waals surface area contributed by atoms with Crippen LogP contribution >= 0.6 is 0 Å². The Morgan fingerprint density at radius 2 is 1.68 bits per heavy atom. The maximum absolute atomic E-state index is 10.8. The molecule has 2 aromatic carbocycles. The summed E-state index contributed by atoms with van der Waals surface area (Å²) in [6.45, 7) is 4.89. The van der Waals surface area contributed by atoms with E-state index in [9.17, 15) is 4.79 Å². The summed E-state index contributed by atoms with van der Waals surface area (Å²) in [7, 11) is 1.56. The Hall–Kier alpha value is -2.49. The third kappa shape index (κ3) is 4.01. The molecule has 0 radical (unpaired) electrons. The van der Waals surface area contributed by atoms with E-state index in [0.717, 1.165) is 12.0 Å². The van der Waals surface area contributed by atoms with E-state index >= 15 is 0 Å². The van der Waals surface area contributed by atoms with Gasteiger partial charge < -0.3 is 14.2 Å². The molecule has 0 heterocycles. The Kier molecular flexibility index (Phi) is 5.42. The molecule has 0 fully saturated rings. The van der Waals surface area contributed by atoms with Crippen molar-refractivity contribution in [1.82, 2.24) is 0 Å². The van der Waals surface area contributed by atoms with Crippen molar-refractivity contribution in [2.24, 2.45) is 0 Å². The second kappa shape index (κ2) is 7.50. The molecular weight excluding hydrogens is 280 g/mol. The lowest BCUT2D eigenvalue weighted by atomic mass is 10.1. The molecule has 0 aliphatic heterocycles. The zero-order chi connectivity index (χ0) is 15.9. The number of methoxy groups -OCH3 is 1. The number of aryl methyl sites for hydroxylation is 2. The predicted molar refractivity (Wildman–Crippen MR) is 85.3 cm³/mol. The van der Waals surface area contributed by atoms with Crippen LogP contribution in [0.25, 0.3) is 0 Å². The first-order valence-corrected chi connectivity index (χ1v) is 7.10. The van der Waals surface area contributed by atoms with Crippen molar-refractivity contribution in [3.05, 3.63) is 53.1 Å². The molecule has 0 atom stereocenters. The van der Waals surface area contributed by atoms with Gasteiger partial charge in [-0.05, 0) is 55.3 Å². The quantitative estimate of drug-likeness (QED) is 0.579. The molecule has 0 aliphatic carbocycles. The van der Waals surface area contributed by atoms with Crippen LogP contribution in [0.2, 0.25) is 0 Å². The molecular formula is C18H20O4. The minimum atomic E-state index is 0.367. The first-order valence-electron chi connectivity index (χ1n) is 7.10. The van der Waals surface area contributed by atoms with Crippen molar-refractivity contribution in [1.29, 1.82) is 0 Å². The van der Waals surface area contributed by atoms with Crippen LogP contribution in [-0.4, -0.2) is 26.6 Å². The van der Waals surface area contributed by atoms with Crippen LogP contribution in [0.1, 0.15) is 21.5 Å². The lowest BCUT2D eigenvalue weighted by molar-refractivity contribution is 0.112. The third-order valence-corrected chi connectivity index (χ3v) is 3.41. The molecule has 4 heteroatoms. The fourth-order valence-corrected chi connectivity index (χ4v) is 1.99. The molecule has 22 heavy (non-hydrogen) atoms. The number of rotatable bonds is 7. The van der Waals surface area contributed by atoms with Crippen molar-refractivity contribution in [2.45, 2.75) is 13.8 Å². The molecule has 0 unspecified atom stereocenters. The Bertz CT molecular complexity index is 650. The molecule has 0 amide bonds. The smallest absolute Gasteiger partial charge is 0.162 e. The monoisotopic (exact) mass is 300 g/mol. The molecule has 0 spiro atoms. The summed E-state index contributed by atoms with van der Waals surface area (Å²) in [4.78, 5) is 10.8. The summed E-state index contributed by atoms with van der Waals surface area (Å²) >= 11 is 0. The van der Waals surface area contributed by atoms with Gasteiger partial charge in [0.1, 0.15) is 25.2 Å². The highest BCUT2D eigenvalue weighted by atomic mass is 16.5. The summed E-state index contributed by atoms with van der Waals surface area (Å²) in [6, 6.07) is 11.0. The average Bonchev–Trinajstić information content (AvgIpc) is 2.54. The molecule has 2 rings (SSSR count). The van der Waals surface area contributed by atoms with E-state index < -0.39 is 0 Å². The summed E-state index contributed by atoms with van der Waals surface area (Å²) in [5.41, 5.74) is 2.98. The number of benzene rings is 2. The largest absolute Gasteiger partial charge is 0.493 e. The van der Waals surface area contributed by atoms with Crippen LogP contribution in [0.15, 0.2) is 36.4 Å². The second-order valence-electron chi connectivity index (χ2n) is 4.97. The van der Waals surface area contributed by atoms with E-state index in [1.807, 2.05) is 18.2 Å². The molecule has 0 saturated carbocycles. The van der Waals surface area contributed by atoms with Crippen molar-refractivity contribution in [2.75, 3.05) is 20.3 Å². The van der Waals surface area contributed by atoms with E-state index in [1.54, 1.807) is 25.3 Å². The van der Waals surface area contributed by atoms with Gasteiger partial charge in [0, 0.05) is 5.56 Å². The van der Waals surface area contributed by atoms with E-state index in [4.69, 9.17) is 14.2 Å². The summed E-state index contributed by atoms with van der Waals surface area (Å²) < 4.78 is 16.5. The SMILES string of the molecule is COc1ccc(C=O)cc1OCCOc1ccc(C)c(C)c1. The molecule has 0 aliphatic rings. The zero-order valence-corrected chi connectivity index (χ0v) is 13.1. The first kappa shape index (κ1) is 15.9. The lowest BCUT2D eigenvalue weighted by Crippen LogP contribution is -2.10. The summed E-state index contributed by atoms with van der Waals surface area (Å²) in [6.07, 6.45) is 0.776. The molecule has 116 valence electrons. The topological polar surface area (TPSA) is 44.8 Å². The Morgan fingerprint density at radius 3 is 2.36 bits per heavy atom. The first-order chi connectivity index (χ1) is 10.6. The van der Waals surface area contributed by atoms with E-state index in [1.165, 1.54) is 11.1 Å². The summed E-state index contributed by atoms with van der Waals surface area (Å²) in [5.74, 6) is 1.95. The number of carbonyl (C=O) groups excluding carboxylic acids is 1. The number of carbonyl (C=O) groups is 1. The van der Waals surface area contributed by atoms with Gasteiger partial charge in [-0.2, -0.15) is 0 Å². The van der Waals surface area contributed by atoms with Gasteiger partial charge in [0.15, 0.2) is 11.5 Å². The van der Waals surface area contributed by atoms with Crippen LogP contribution in [0.4, 0.5) is 0 Å². The molecule has 4 nitrogen and oxygen atoms in total. The Labute approximate surface area is 130 Å². The minimum absolute atomic E-state index is 0.367. The highest BCUT2D eigenvalue weighted by molar-refractivity contribution is 5.76. The molecule has 0 bridgehead atoms. The number of ether oxygens (including phenoxy) is 3. The average molecular weight is 300 g/mol. The molecule has 0 saturated heterocycles. The van der Waals surface area contributed by atoms with Crippen LogP contribution < -0.4 is 14.2 Å². The second-order valence-corrected chi connectivity index (χ2v) is 4.97. The maximum Gasteiger partial charge on any atom is 0.162 e. The normalized spacial score (nSPS) is 10.1. The highest BCUT2D eigenvalue weighted by Crippen LogP contribution is 2.27. The fraction of sp³-hybridized carbons (Fsp3) is 0.278. The molecule has 0 N–H and O–H groups in total. The Balaban J connectivity index is 1.90. The van der Waals surface area contributed by atoms with Gasteiger partial charge >= 0.3 is 0 Å². The predicted octanol–water partition coefficient (Wildman–Crippen LogP) is 3.58. The van der Waals surface area contributed by atoms with Gasteiger partial charge in [-0.25, -0.2) is 0 Å². The van der Waals surface area contributed by atoms with Gasteiger partial charge in [-0.3, -0.25) is 4.79 Å². The summed E-state index contributed by atoms with van der Waals surface area (Å²) in [5, 5.41) is 0. The van der Waals surface area contributed by atoms with Crippen molar-refractivity contribution in [3.8, 4) is 17.2 Å². The Morgan fingerprint density at radius 1 is 0.909 bits per heavy atom. The van der Waals surface area contributed by atoms with Crippen LogP contribution in [0, 0.1) is 13.8 Å². The van der Waals surface area contributed by atoms with Gasteiger partial charge in [0.05, 0.1) is 7.11 Å². The van der Waals surface area contributed by atoms with Crippen LogP contribution in [0.5, 0.6) is 17.2 Å². The van der Waals surface area contributed by atoms with Gasteiger partial charge in [0.25, 0.3) is 0 Å². The number of aldehydes is 1. The minimum Gasteiger partial charge on any atom is -0.493 e. The highest BCUT2D eigenvalue weighted by Gasteiger charge is 2.06. The van der Waals surface area contributed by atoms with Crippen LogP contribution in [-0.2, 0) is 0 Å².